The van der Waals surface area contributed by atoms with Crippen molar-refractivity contribution in [3.05, 3.63) is 12.7 Å². The van der Waals surface area contributed by atoms with Crippen LogP contribution in [0.15, 0.2) is 12.7 Å². The number of allylic oxidation sites excluding steroid dienone is 1. The summed E-state index contributed by atoms with van der Waals surface area (Å²) in [5.41, 5.74) is 0. The minimum Gasteiger partial charge on any atom is -0.103 e. The summed E-state index contributed by atoms with van der Waals surface area (Å²) < 4.78 is 0. The number of hydrogen-bond donors (Lipinski definition) is 0. The minimum absolute atomic E-state index is 0.898. The van der Waals surface area contributed by atoms with Crippen molar-refractivity contribution in [1.82, 2.24) is 0 Å². The van der Waals surface area contributed by atoms with Crippen molar-refractivity contribution >= 4 is 0 Å². The Morgan fingerprint density at radius 2 is 1.54 bits per heavy atom. The fourth-order valence-corrected chi connectivity index (χ4v) is 0.781. The molecule has 0 nitrogen and oxygen atoms in total. The number of rotatable bonds is 4. The molecule has 0 aliphatic heterocycles. The fourth-order valence-electron chi connectivity index (χ4n) is 0.781. The van der Waals surface area contributed by atoms with Gasteiger partial charge in [0.15, 0.2) is 0 Å². The molecule has 0 rings (SSSR count). The van der Waals surface area contributed by atoms with E-state index in [1.807, 2.05) is 19.9 Å². The van der Waals surface area contributed by atoms with Crippen molar-refractivity contribution in [3.63, 3.8) is 0 Å². The molecule has 0 aromatic heterocycles. The smallest absolute Gasteiger partial charge is 0.0356 e. The quantitative estimate of drug-likeness (QED) is 0.513. The second-order valence-corrected chi connectivity index (χ2v) is 3.26. The van der Waals surface area contributed by atoms with E-state index in [0.29, 0.717) is 0 Å². The Balaban J connectivity index is -0.000000131. The van der Waals surface area contributed by atoms with Crippen molar-refractivity contribution in [1.29, 1.82) is 0 Å². The van der Waals surface area contributed by atoms with E-state index in [1.54, 1.807) is 0 Å². The summed E-state index contributed by atoms with van der Waals surface area (Å²) in [7, 11) is 0. The van der Waals surface area contributed by atoms with Gasteiger partial charge in [-0.1, -0.05) is 66.9 Å². The highest BCUT2D eigenvalue weighted by molar-refractivity contribution is 4.63. The van der Waals surface area contributed by atoms with Crippen LogP contribution in [0.5, 0.6) is 0 Å². The molecule has 82 valence electrons. The summed E-state index contributed by atoms with van der Waals surface area (Å²) in [6.45, 7) is 16.4. The van der Waals surface area contributed by atoms with Gasteiger partial charge in [-0.15, -0.1) is 6.58 Å². The van der Waals surface area contributed by atoms with Crippen molar-refractivity contribution < 1.29 is 0 Å². The number of hydrogen-bond acceptors (Lipinski definition) is 0. The molecular weight excluding hydrogens is 156 g/mol. The first-order valence-corrected chi connectivity index (χ1v) is 5.79. The largest absolute Gasteiger partial charge is 0.103 e. The van der Waals surface area contributed by atoms with Gasteiger partial charge in [0.25, 0.3) is 0 Å². The van der Waals surface area contributed by atoms with E-state index in [2.05, 4.69) is 34.3 Å². The number of unbranched alkanes of at least 4 members (excludes halogenated alkanes) is 1. The Labute approximate surface area is 86.4 Å². The van der Waals surface area contributed by atoms with Gasteiger partial charge in [-0.05, 0) is 12.3 Å². The van der Waals surface area contributed by atoms with Crippen LogP contribution in [-0.2, 0) is 0 Å². The topological polar surface area (TPSA) is 0 Å². The van der Waals surface area contributed by atoms with Gasteiger partial charge in [-0.3, -0.25) is 0 Å². The average molecular weight is 186 g/mol. The maximum Gasteiger partial charge on any atom is -0.0356 e. The van der Waals surface area contributed by atoms with Crippen LogP contribution in [0.3, 0.4) is 0 Å². The van der Waals surface area contributed by atoms with Crippen LogP contribution < -0.4 is 0 Å². The van der Waals surface area contributed by atoms with Crippen LogP contribution in [0.1, 0.15) is 67.2 Å². The second kappa shape index (κ2) is 22.6. The van der Waals surface area contributed by atoms with Crippen LogP contribution in [0.2, 0.25) is 0 Å². The van der Waals surface area contributed by atoms with Crippen molar-refractivity contribution in [2.75, 3.05) is 0 Å². The zero-order valence-electron chi connectivity index (χ0n) is 10.7. The molecule has 0 radical (unpaired) electrons. The van der Waals surface area contributed by atoms with Crippen molar-refractivity contribution in [2.45, 2.75) is 67.2 Å². The monoisotopic (exact) mass is 186 g/mol. The molecular formula is C13H30. The lowest BCUT2D eigenvalue weighted by atomic mass is 10.1. The third-order valence-corrected chi connectivity index (χ3v) is 1.36. The van der Waals surface area contributed by atoms with Crippen LogP contribution in [-0.4, -0.2) is 0 Å². The minimum atomic E-state index is 0.898. The van der Waals surface area contributed by atoms with Gasteiger partial charge in [0.1, 0.15) is 0 Å². The summed E-state index contributed by atoms with van der Waals surface area (Å²) in [5.74, 6) is 0.898. The summed E-state index contributed by atoms with van der Waals surface area (Å²) in [4.78, 5) is 0. The SMILES string of the molecule is C=CCCC.CC.CCCC(C)C. The molecule has 0 saturated carbocycles. The van der Waals surface area contributed by atoms with Crippen LogP contribution in [0.25, 0.3) is 0 Å². The van der Waals surface area contributed by atoms with Gasteiger partial charge in [-0.25, -0.2) is 0 Å². The van der Waals surface area contributed by atoms with E-state index < -0.39 is 0 Å². The molecule has 0 bridgehead atoms. The summed E-state index contributed by atoms with van der Waals surface area (Å²) >= 11 is 0. The van der Waals surface area contributed by atoms with E-state index in [9.17, 15) is 0 Å². The molecule has 0 unspecified atom stereocenters. The fraction of sp³-hybridized carbons (Fsp3) is 0.846. The summed E-state index contributed by atoms with van der Waals surface area (Å²) in [6, 6.07) is 0. The first-order chi connectivity index (χ1) is 6.18. The van der Waals surface area contributed by atoms with Crippen molar-refractivity contribution in [2.24, 2.45) is 5.92 Å². The van der Waals surface area contributed by atoms with Gasteiger partial charge >= 0.3 is 0 Å². The molecule has 0 N–H and O–H groups in total. The standard InChI is InChI=1S/C6H14.C5H10.C2H6/c1-4-5-6(2)3;1-3-5-4-2;1-2/h6H,4-5H2,1-3H3;3H,1,4-5H2,2H3;1-2H3. The lowest BCUT2D eigenvalue weighted by Gasteiger charge is -1.95. The summed E-state index contributed by atoms with van der Waals surface area (Å²) in [6.07, 6.45) is 7.02. The highest BCUT2D eigenvalue weighted by Crippen LogP contribution is 2.00. The average Bonchev–Trinajstić information content (AvgIpc) is 2.10. The molecule has 0 heteroatoms. The Morgan fingerprint density at radius 1 is 1.08 bits per heavy atom. The molecule has 0 aliphatic carbocycles. The Morgan fingerprint density at radius 3 is 1.54 bits per heavy atom. The highest BCUT2D eigenvalue weighted by Gasteiger charge is 1.85. The molecule has 0 atom stereocenters. The zero-order chi connectivity index (χ0) is 11.1. The molecule has 0 aromatic rings. The Bertz CT molecular complexity index is 62.4. The maximum absolute atomic E-state index is 3.55. The van der Waals surface area contributed by atoms with Gasteiger partial charge in [0.2, 0.25) is 0 Å². The highest BCUT2D eigenvalue weighted by atomic mass is 13.9. The molecule has 0 fully saturated rings. The van der Waals surface area contributed by atoms with Crippen LogP contribution >= 0.6 is 0 Å². The predicted molar refractivity (Wildman–Crippen MR) is 66.2 cm³/mol. The second-order valence-electron chi connectivity index (χ2n) is 3.26. The lowest BCUT2D eigenvalue weighted by molar-refractivity contribution is 0.576. The first kappa shape index (κ1) is 18.5. The molecule has 0 amide bonds. The molecule has 13 heavy (non-hydrogen) atoms. The van der Waals surface area contributed by atoms with Gasteiger partial charge in [0, 0.05) is 0 Å². The Kier molecular flexibility index (Phi) is 32.2. The van der Waals surface area contributed by atoms with E-state index in [4.69, 9.17) is 0 Å². The third kappa shape index (κ3) is 49.6. The molecule has 0 aromatic carbocycles. The lowest BCUT2D eigenvalue weighted by Crippen LogP contribution is -1.81. The zero-order valence-corrected chi connectivity index (χ0v) is 10.7. The molecule has 0 spiro atoms. The molecule has 0 saturated heterocycles. The molecule has 0 heterocycles. The predicted octanol–water partition coefficient (Wildman–Crippen LogP) is 5.44. The van der Waals surface area contributed by atoms with Crippen molar-refractivity contribution in [3.8, 4) is 0 Å². The maximum atomic E-state index is 3.55. The third-order valence-electron chi connectivity index (χ3n) is 1.36. The normalized spacial score (nSPS) is 7.92. The first-order valence-electron chi connectivity index (χ1n) is 5.79. The Hall–Kier alpha value is -0.260. The van der Waals surface area contributed by atoms with E-state index in [0.717, 1.165) is 12.3 Å². The van der Waals surface area contributed by atoms with E-state index >= 15 is 0 Å². The summed E-state index contributed by atoms with van der Waals surface area (Å²) in [5, 5.41) is 0. The van der Waals surface area contributed by atoms with Crippen LogP contribution in [0.4, 0.5) is 0 Å². The van der Waals surface area contributed by atoms with Gasteiger partial charge < -0.3 is 0 Å². The molecule has 0 aliphatic rings. The van der Waals surface area contributed by atoms with E-state index in [-0.39, 0.29) is 0 Å². The van der Waals surface area contributed by atoms with Gasteiger partial charge in [-0.2, -0.15) is 0 Å². The van der Waals surface area contributed by atoms with Crippen LogP contribution in [0, 0.1) is 5.92 Å². The van der Waals surface area contributed by atoms with Gasteiger partial charge in [0.05, 0.1) is 0 Å². The van der Waals surface area contributed by atoms with E-state index in [1.165, 1.54) is 19.3 Å².